The molecular weight excluding hydrogens is 508 g/mol. The van der Waals surface area contributed by atoms with Gasteiger partial charge in [-0.3, -0.25) is 19.3 Å². The first kappa shape index (κ1) is 25.2. The largest absolute Gasteiger partial charge is 0.462 e. The van der Waals surface area contributed by atoms with Gasteiger partial charge in [0.15, 0.2) is 0 Å². The number of hydrogen-bond donors (Lipinski definition) is 1. The van der Waals surface area contributed by atoms with Gasteiger partial charge in [0.2, 0.25) is 5.91 Å². The number of thioether (sulfide) groups is 1. The van der Waals surface area contributed by atoms with E-state index in [4.69, 9.17) is 20.8 Å². The summed E-state index contributed by atoms with van der Waals surface area (Å²) in [4.78, 5) is 63.0. The van der Waals surface area contributed by atoms with Crippen LogP contribution in [0, 0.1) is 0 Å². The summed E-state index contributed by atoms with van der Waals surface area (Å²) in [6, 6.07) is 12.7. The molecule has 9 nitrogen and oxygen atoms in total. The molecule has 1 fully saturated rings. The van der Waals surface area contributed by atoms with E-state index in [1.165, 1.54) is 24.3 Å². The lowest BCUT2D eigenvalue weighted by molar-refractivity contribution is -0.127. The van der Waals surface area contributed by atoms with Gasteiger partial charge in [0.05, 0.1) is 27.7 Å². The van der Waals surface area contributed by atoms with Crippen molar-refractivity contribution < 1.29 is 28.3 Å². The van der Waals surface area contributed by atoms with Crippen molar-refractivity contribution in [3.05, 3.63) is 80.0 Å². The van der Waals surface area contributed by atoms with Crippen LogP contribution in [0.25, 0.3) is 17.0 Å². The van der Waals surface area contributed by atoms with E-state index in [9.17, 15) is 24.0 Å². The number of anilines is 1. The highest BCUT2D eigenvalue weighted by Gasteiger charge is 2.36. The second-order valence-corrected chi connectivity index (χ2v) is 9.07. The first-order chi connectivity index (χ1) is 17.3. The van der Waals surface area contributed by atoms with E-state index in [0.29, 0.717) is 29.2 Å². The van der Waals surface area contributed by atoms with Crippen LogP contribution in [0.3, 0.4) is 0 Å². The number of ether oxygens (including phenoxy) is 1. The van der Waals surface area contributed by atoms with Crippen molar-refractivity contribution in [1.82, 2.24) is 4.90 Å². The summed E-state index contributed by atoms with van der Waals surface area (Å²) >= 11 is 6.67. The van der Waals surface area contributed by atoms with Crippen LogP contribution in [0.1, 0.15) is 29.3 Å². The van der Waals surface area contributed by atoms with Crippen LogP contribution < -0.4 is 10.9 Å². The zero-order valence-electron chi connectivity index (χ0n) is 18.9. The molecule has 1 saturated heterocycles. The van der Waals surface area contributed by atoms with Gasteiger partial charge >= 0.3 is 11.6 Å². The fourth-order valence-electron chi connectivity index (χ4n) is 3.33. The number of fused-ring (bicyclic) bond motifs is 1. The third-order valence-corrected chi connectivity index (χ3v) is 6.27. The number of benzene rings is 2. The highest BCUT2D eigenvalue weighted by atomic mass is 35.5. The van der Waals surface area contributed by atoms with E-state index in [1.54, 1.807) is 30.3 Å². The SMILES string of the molecule is CCCOC(=O)c1cc(NC(=O)CN2C(=O)S/C(=C/c3cc4ccccc4oc3=O)C2=O)ccc1Cl. The molecule has 1 aromatic heterocycles. The quantitative estimate of drug-likeness (QED) is 0.267. The number of carbonyl (C=O) groups is 4. The maximum atomic E-state index is 12.8. The molecule has 2 aromatic carbocycles. The molecule has 2 heterocycles. The van der Waals surface area contributed by atoms with Gasteiger partial charge in [0.25, 0.3) is 11.1 Å². The van der Waals surface area contributed by atoms with Crippen molar-refractivity contribution in [2.75, 3.05) is 18.5 Å². The van der Waals surface area contributed by atoms with Crippen molar-refractivity contribution in [3.63, 3.8) is 0 Å². The summed E-state index contributed by atoms with van der Waals surface area (Å²) < 4.78 is 10.3. The van der Waals surface area contributed by atoms with E-state index in [1.807, 2.05) is 6.92 Å². The Bertz CT molecular complexity index is 1480. The van der Waals surface area contributed by atoms with Gasteiger partial charge in [-0.25, -0.2) is 9.59 Å². The Labute approximate surface area is 214 Å². The Morgan fingerprint density at radius 2 is 1.92 bits per heavy atom. The average Bonchev–Trinajstić information content (AvgIpc) is 3.11. The normalized spacial score (nSPS) is 14.5. The number of halogens is 1. The number of rotatable bonds is 7. The summed E-state index contributed by atoms with van der Waals surface area (Å²) in [6.45, 7) is 1.51. The van der Waals surface area contributed by atoms with E-state index >= 15 is 0 Å². The molecule has 1 aliphatic heterocycles. The van der Waals surface area contributed by atoms with Crippen molar-refractivity contribution in [1.29, 1.82) is 0 Å². The Kier molecular flexibility index (Phi) is 7.56. The highest BCUT2D eigenvalue weighted by molar-refractivity contribution is 8.18. The number of para-hydroxylation sites is 1. The first-order valence-electron chi connectivity index (χ1n) is 10.8. The summed E-state index contributed by atoms with van der Waals surface area (Å²) in [5.74, 6) is -2.01. The molecule has 0 spiro atoms. The summed E-state index contributed by atoms with van der Waals surface area (Å²) in [5.41, 5.74) is 0.158. The Morgan fingerprint density at radius 1 is 1.14 bits per heavy atom. The number of nitrogens with zero attached hydrogens (tertiary/aromatic N) is 1. The van der Waals surface area contributed by atoms with Crippen LogP contribution in [0.4, 0.5) is 10.5 Å². The zero-order valence-corrected chi connectivity index (χ0v) is 20.5. The van der Waals surface area contributed by atoms with E-state index in [-0.39, 0.29) is 33.3 Å². The number of carbonyl (C=O) groups excluding carboxylic acids is 4. The predicted octanol–water partition coefficient (Wildman–Crippen LogP) is 4.69. The molecule has 1 aliphatic rings. The lowest BCUT2D eigenvalue weighted by Crippen LogP contribution is -2.36. The number of nitrogens with one attached hydrogen (secondary N) is 1. The second-order valence-electron chi connectivity index (χ2n) is 7.67. The van der Waals surface area contributed by atoms with Crippen molar-refractivity contribution in [2.45, 2.75) is 13.3 Å². The molecule has 1 N–H and O–H groups in total. The van der Waals surface area contributed by atoms with E-state index in [2.05, 4.69) is 5.32 Å². The molecule has 0 atom stereocenters. The predicted molar refractivity (Wildman–Crippen MR) is 136 cm³/mol. The Balaban J connectivity index is 1.47. The molecule has 36 heavy (non-hydrogen) atoms. The molecule has 3 amide bonds. The fraction of sp³-hybridized carbons (Fsp3) is 0.160. The summed E-state index contributed by atoms with van der Waals surface area (Å²) in [5, 5.41) is 2.69. The highest BCUT2D eigenvalue weighted by Crippen LogP contribution is 2.32. The standard InChI is InChI=1S/C25H19ClN2O7S/c1-2-9-34-24(32)17-12-16(7-8-18(17)26)27-21(29)13-28-22(30)20(36-25(28)33)11-15-10-14-5-3-4-6-19(14)35-23(15)31/h3-8,10-12H,2,9,13H2,1H3,(H,27,29)/b20-11+. The number of amides is 3. The number of hydrogen-bond acceptors (Lipinski definition) is 8. The molecule has 0 aliphatic carbocycles. The Morgan fingerprint density at radius 3 is 2.69 bits per heavy atom. The molecule has 0 radical (unpaired) electrons. The first-order valence-corrected chi connectivity index (χ1v) is 12.0. The lowest BCUT2D eigenvalue weighted by atomic mass is 10.2. The zero-order chi connectivity index (χ0) is 25.8. The topological polar surface area (TPSA) is 123 Å². The smallest absolute Gasteiger partial charge is 0.343 e. The number of imide groups is 1. The third-order valence-electron chi connectivity index (χ3n) is 5.04. The van der Waals surface area contributed by atoms with Gasteiger partial charge in [-0.1, -0.05) is 36.7 Å². The van der Waals surface area contributed by atoms with Gasteiger partial charge in [-0.05, 0) is 54.6 Å². The molecule has 0 bridgehead atoms. The van der Waals surface area contributed by atoms with Gasteiger partial charge in [-0.2, -0.15) is 0 Å². The fourth-order valence-corrected chi connectivity index (χ4v) is 4.36. The lowest BCUT2D eigenvalue weighted by Gasteiger charge is -2.13. The monoisotopic (exact) mass is 526 g/mol. The summed E-state index contributed by atoms with van der Waals surface area (Å²) in [6.07, 6.45) is 1.91. The van der Waals surface area contributed by atoms with Crippen LogP contribution in [0.15, 0.2) is 62.6 Å². The summed E-state index contributed by atoms with van der Waals surface area (Å²) in [7, 11) is 0. The van der Waals surface area contributed by atoms with Crippen molar-refractivity contribution in [3.8, 4) is 0 Å². The van der Waals surface area contributed by atoms with Gasteiger partial charge in [0.1, 0.15) is 12.1 Å². The number of esters is 1. The average molecular weight is 527 g/mol. The van der Waals surface area contributed by atoms with Crippen molar-refractivity contribution in [2.24, 2.45) is 0 Å². The second kappa shape index (κ2) is 10.8. The maximum absolute atomic E-state index is 12.8. The van der Waals surface area contributed by atoms with E-state index in [0.717, 1.165) is 4.90 Å². The molecule has 3 aromatic rings. The molecule has 0 unspecified atom stereocenters. The van der Waals surface area contributed by atoms with E-state index < -0.39 is 35.2 Å². The minimum atomic E-state index is -0.715. The van der Waals surface area contributed by atoms with Gasteiger partial charge < -0.3 is 14.5 Å². The maximum Gasteiger partial charge on any atom is 0.343 e. The molecular formula is C25H19ClN2O7S. The Hall–Kier alpha value is -3.89. The van der Waals surface area contributed by atoms with Gasteiger partial charge in [-0.15, -0.1) is 0 Å². The minimum Gasteiger partial charge on any atom is -0.462 e. The van der Waals surface area contributed by atoms with Crippen LogP contribution in [0.5, 0.6) is 0 Å². The molecule has 0 saturated carbocycles. The third kappa shape index (κ3) is 5.50. The molecule has 11 heteroatoms. The van der Waals surface area contributed by atoms with Crippen LogP contribution in [-0.4, -0.2) is 41.1 Å². The van der Waals surface area contributed by atoms with Crippen LogP contribution in [0.2, 0.25) is 5.02 Å². The molecule has 4 rings (SSSR count). The van der Waals surface area contributed by atoms with Crippen molar-refractivity contribution >= 4 is 69.1 Å². The van der Waals surface area contributed by atoms with Crippen LogP contribution in [-0.2, 0) is 14.3 Å². The van der Waals surface area contributed by atoms with Crippen LogP contribution >= 0.6 is 23.4 Å². The molecule has 184 valence electrons. The minimum absolute atomic E-state index is 0.0113. The van der Waals surface area contributed by atoms with Gasteiger partial charge in [0, 0.05) is 11.1 Å².